The molecule has 0 unspecified atom stereocenters. The van der Waals surface area contributed by atoms with Gasteiger partial charge in [0.1, 0.15) is 0 Å². The van der Waals surface area contributed by atoms with Crippen molar-refractivity contribution in [3.05, 3.63) is 55.8 Å². The minimum Gasteiger partial charge on any atom is -0.368 e. The lowest BCUT2D eigenvalue weighted by Gasteiger charge is -2.39. The van der Waals surface area contributed by atoms with Gasteiger partial charge in [0.2, 0.25) is 15.9 Å². The number of sulfonamides is 1. The van der Waals surface area contributed by atoms with Crippen molar-refractivity contribution in [3.63, 3.8) is 0 Å². The number of nitrogens with zero attached hydrogens (tertiary/aromatic N) is 3. The summed E-state index contributed by atoms with van der Waals surface area (Å²) in [6, 6.07) is 7.58. The molecule has 0 radical (unpaired) electrons. The lowest BCUT2D eigenvalue weighted by Crippen LogP contribution is -2.53. The third-order valence-electron chi connectivity index (χ3n) is 6.17. The lowest BCUT2D eigenvalue weighted by molar-refractivity contribution is -0.137. The molecule has 0 saturated carbocycles. The van der Waals surface area contributed by atoms with Crippen molar-refractivity contribution in [2.75, 3.05) is 44.2 Å². The van der Waals surface area contributed by atoms with E-state index in [1.54, 1.807) is 4.90 Å². The van der Waals surface area contributed by atoms with Crippen molar-refractivity contribution < 1.29 is 13.2 Å². The van der Waals surface area contributed by atoms with E-state index < -0.39 is 32.1 Å². The maximum atomic E-state index is 13.2. The topological polar surface area (TPSA) is 127 Å². The molecule has 10 nitrogen and oxygen atoms in total. The van der Waals surface area contributed by atoms with Crippen LogP contribution in [0, 0.1) is 12.8 Å². The predicted molar refractivity (Wildman–Crippen MR) is 124 cm³/mol. The zero-order valence-corrected chi connectivity index (χ0v) is 19.8. The van der Waals surface area contributed by atoms with E-state index in [4.69, 9.17) is 11.6 Å². The van der Waals surface area contributed by atoms with Gasteiger partial charge in [-0.2, -0.15) is 4.31 Å². The number of amides is 1. The largest absolute Gasteiger partial charge is 0.368 e. The fourth-order valence-electron chi connectivity index (χ4n) is 4.51. The monoisotopic (exact) mass is 495 g/mol. The highest BCUT2D eigenvalue weighted by atomic mass is 35.5. The number of aromatic nitrogens is 2. The van der Waals surface area contributed by atoms with E-state index >= 15 is 0 Å². The molecule has 3 heterocycles. The number of aryl methyl sites for hydroxylation is 1. The van der Waals surface area contributed by atoms with Gasteiger partial charge in [-0.15, -0.1) is 0 Å². The Balaban J connectivity index is 1.44. The number of H-pyrrole nitrogens is 2. The van der Waals surface area contributed by atoms with E-state index in [-0.39, 0.29) is 24.7 Å². The molecule has 2 N–H and O–H groups in total. The number of carbonyl (C=O) groups is 1. The van der Waals surface area contributed by atoms with Gasteiger partial charge < -0.3 is 14.8 Å². The Kier molecular flexibility index (Phi) is 6.64. The minimum absolute atomic E-state index is 0.00762. The number of carbonyl (C=O) groups excluding carboxylic acids is 1. The first-order valence-electron chi connectivity index (χ1n) is 10.8. The van der Waals surface area contributed by atoms with Crippen molar-refractivity contribution in [3.8, 4) is 0 Å². The molecule has 1 amide bonds. The minimum atomic E-state index is -4.16. The first-order chi connectivity index (χ1) is 15.7. The Bertz CT molecular complexity index is 1270. The Hall–Kier alpha value is -2.63. The maximum absolute atomic E-state index is 13.2. The van der Waals surface area contributed by atoms with Gasteiger partial charge in [-0.25, -0.2) is 13.2 Å². The summed E-state index contributed by atoms with van der Waals surface area (Å²) in [4.78, 5) is 44.6. The van der Waals surface area contributed by atoms with Crippen LogP contribution in [0.15, 0.2) is 38.8 Å². The number of hydrogen-bond donors (Lipinski definition) is 2. The molecule has 2 fully saturated rings. The van der Waals surface area contributed by atoms with Crippen LogP contribution in [0.25, 0.3) is 0 Å². The number of hydrogen-bond acceptors (Lipinski definition) is 6. The third-order valence-corrected chi connectivity index (χ3v) is 8.42. The third kappa shape index (κ3) is 4.85. The van der Waals surface area contributed by atoms with Crippen LogP contribution in [0.4, 0.5) is 5.69 Å². The second-order valence-electron chi connectivity index (χ2n) is 8.36. The molecule has 1 aromatic carbocycles. The van der Waals surface area contributed by atoms with Crippen LogP contribution in [0.2, 0.25) is 5.02 Å². The molecule has 33 heavy (non-hydrogen) atoms. The first-order valence-corrected chi connectivity index (χ1v) is 12.6. The number of rotatable bonds is 4. The van der Waals surface area contributed by atoms with E-state index in [1.165, 1.54) is 11.2 Å². The van der Waals surface area contributed by atoms with Crippen molar-refractivity contribution >= 4 is 33.2 Å². The number of aromatic amines is 2. The Morgan fingerprint density at radius 1 is 1.09 bits per heavy atom. The second kappa shape index (κ2) is 9.32. The summed E-state index contributed by atoms with van der Waals surface area (Å²) in [5.41, 5.74) is -0.734. The van der Waals surface area contributed by atoms with Crippen molar-refractivity contribution in [2.24, 2.45) is 5.92 Å². The van der Waals surface area contributed by atoms with Crippen LogP contribution in [0.5, 0.6) is 0 Å². The van der Waals surface area contributed by atoms with Gasteiger partial charge in [0.05, 0.1) is 5.92 Å². The van der Waals surface area contributed by atoms with Gasteiger partial charge in [0.15, 0.2) is 4.90 Å². The SMILES string of the molecule is Cc1[nH]c(=O)[nH]c(=O)c1S(=O)(=O)N1CCC[C@@H](C(=O)N2CCN(c3cccc(Cl)c3)CC2)C1. The van der Waals surface area contributed by atoms with Crippen molar-refractivity contribution in [1.29, 1.82) is 0 Å². The normalized spacial score (nSPS) is 20.1. The smallest absolute Gasteiger partial charge is 0.325 e. The highest BCUT2D eigenvalue weighted by Crippen LogP contribution is 2.26. The van der Waals surface area contributed by atoms with Crippen LogP contribution in [-0.2, 0) is 14.8 Å². The van der Waals surface area contributed by atoms with Crippen LogP contribution in [0.1, 0.15) is 18.5 Å². The molecule has 0 spiro atoms. The van der Waals surface area contributed by atoms with Crippen LogP contribution >= 0.6 is 11.6 Å². The Labute approximate surface area is 196 Å². The fourth-order valence-corrected chi connectivity index (χ4v) is 6.42. The molecule has 178 valence electrons. The number of piperazine rings is 1. The van der Waals surface area contributed by atoms with Crippen LogP contribution < -0.4 is 16.1 Å². The Morgan fingerprint density at radius 3 is 2.48 bits per heavy atom. The average molecular weight is 496 g/mol. The van der Waals surface area contributed by atoms with Gasteiger partial charge >= 0.3 is 5.69 Å². The van der Waals surface area contributed by atoms with Crippen molar-refractivity contribution in [2.45, 2.75) is 24.7 Å². The molecular weight excluding hydrogens is 470 g/mol. The van der Waals surface area contributed by atoms with E-state index in [9.17, 15) is 22.8 Å². The molecular formula is C21H26ClN5O5S. The van der Waals surface area contributed by atoms with Crippen molar-refractivity contribution in [1.82, 2.24) is 19.2 Å². The van der Waals surface area contributed by atoms with Gasteiger partial charge in [-0.3, -0.25) is 14.6 Å². The number of piperidine rings is 1. The standard InChI is InChI=1S/C21H26ClN5O5S/c1-14-18(19(28)24-21(30)23-14)33(31,32)27-7-3-4-15(13-27)20(29)26-10-8-25(9-11-26)17-6-2-5-16(22)12-17/h2,5-6,12,15H,3-4,7-11,13H2,1H3,(H2,23,24,28,30)/t15-/m1/s1. The highest BCUT2D eigenvalue weighted by Gasteiger charge is 2.37. The zero-order valence-electron chi connectivity index (χ0n) is 18.2. The molecule has 2 aliphatic rings. The van der Waals surface area contributed by atoms with Gasteiger partial charge in [-0.05, 0) is 38.0 Å². The Morgan fingerprint density at radius 2 is 1.82 bits per heavy atom. The molecule has 1 atom stereocenters. The van der Waals surface area contributed by atoms with Gasteiger partial charge in [-0.1, -0.05) is 17.7 Å². The lowest BCUT2D eigenvalue weighted by atomic mass is 9.97. The number of halogens is 1. The molecule has 2 saturated heterocycles. The summed E-state index contributed by atoms with van der Waals surface area (Å²) in [5.74, 6) is -0.555. The number of nitrogens with one attached hydrogen (secondary N) is 2. The molecule has 12 heteroatoms. The zero-order chi connectivity index (χ0) is 23.8. The molecule has 0 bridgehead atoms. The summed E-state index contributed by atoms with van der Waals surface area (Å²) in [6.07, 6.45) is 1.10. The van der Waals surface area contributed by atoms with E-state index in [2.05, 4.69) is 9.88 Å². The van der Waals surface area contributed by atoms with Gasteiger partial charge in [0, 0.05) is 55.7 Å². The quantitative estimate of drug-likeness (QED) is 0.645. The number of benzene rings is 1. The summed E-state index contributed by atoms with van der Waals surface area (Å²) >= 11 is 6.08. The molecule has 2 aromatic rings. The molecule has 1 aromatic heterocycles. The summed E-state index contributed by atoms with van der Waals surface area (Å²) in [6.45, 7) is 3.98. The highest BCUT2D eigenvalue weighted by molar-refractivity contribution is 7.89. The van der Waals surface area contributed by atoms with Crippen LogP contribution in [0.3, 0.4) is 0 Å². The van der Waals surface area contributed by atoms with E-state index in [0.29, 0.717) is 44.0 Å². The number of anilines is 1. The average Bonchev–Trinajstić information content (AvgIpc) is 2.78. The summed E-state index contributed by atoms with van der Waals surface area (Å²) in [7, 11) is -4.16. The van der Waals surface area contributed by atoms with Crippen LogP contribution in [-0.4, -0.2) is 72.8 Å². The van der Waals surface area contributed by atoms with E-state index in [0.717, 1.165) is 5.69 Å². The fraction of sp³-hybridized carbons (Fsp3) is 0.476. The first kappa shape index (κ1) is 23.5. The van der Waals surface area contributed by atoms with E-state index in [1.807, 2.05) is 29.2 Å². The molecule has 4 rings (SSSR count). The molecule has 2 aliphatic heterocycles. The predicted octanol–water partition coefficient (Wildman–Crippen LogP) is 0.775. The second-order valence-corrected chi connectivity index (χ2v) is 10.7. The van der Waals surface area contributed by atoms with Gasteiger partial charge in [0.25, 0.3) is 5.56 Å². The maximum Gasteiger partial charge on any atom is 0.325 e. The molecule has 0 aliphatic carbocycles. The summed E-state index contributed by atoms with van der Waals surface area (Å²) in [5, 5.41) is 0.658. The summed E-state index contributed by atoms with van der Waals surface area (Å²) < 4.78 is 27.5.